The first-order valence-corrected chi connectivity index (χ1v) is 7.15. The van der Waals surface area contributed by atoms with Crippen LogP contribution in [0.25, 0.3) is 0 Å². The summed E-state index contributed by atoms with van der Waals surface area (Å²) in [6.45, 7) is 3.97. The second-order valence-corrected chi connectivity index (χ2v) is 5.45. The van der Waals surface area contributed by atoms with Crippen LogP contribution in [0.1, 0.15) is 37.8 Å². The van der Waals surface area contributed by atoms with Crippen LogP contribution in [-0.2, 0) is 0 Å². The van der Waals surface area contributed by atoms with Crippen molar-refractivity contribution in [2.24, 2.45) is 11.7 Å². The highest BCUT2D eigenvalue weighted by Crippen LogP contribution is 2.29. The Morgan fingerprint density at radius 3 is 2.60 bits per heavy atom. The maximum absolute atomic E-state index is 13.9. The predicted molar refractivity (Wildman–Crippen MR) is 72.7 cm³/mol. The van der Waals surface area contributed by atoms with Crippen molar-refractivity contribution in [3.63, 3.8) is 0 Å². The van der Waals surface area contributed by atoms with E-state index in [1.165, 1.54) is 0 Å². The quantitative estimate of drug-likeness (QED) is 0.861. The summed E-state index contributed by atoms with van der Waals surface area (Å²) in [4.78, 5) is 2.09. The molecule has 0 aliphatic carbocycles. The maximum atomic E-state index is 13.9. The molecular formula is C15H21F3N2. The highest BCUT2D eigenvalue weighted by atomic mass is 19.2. The summed E-state index contributed by atoms with van der Waals surface area (Å²) < 4.78 is 40.3. The highest BCUT2D eigenvalue weighted by molar-refractivity contribution is 5.24. The van der Waals surface area contributed by atoms with Crippen LogP contribution in [0.2, 0.25) is 0 Å². The van der Waals surface area contributed by atoms with E-state index in [1.54, 1.807) is 0 Å². The van der Waals surface area contributed by atoms with E-state index in [1.807, 2.05) is 0 Å². The van der Waals surface area contributed by atoms with E-state index >= 15 is 0 Å². The average Bonchev–Trinajstić information content (AvgIpc) is 2.45. The van der Waals surface area contributed by atoms with Gasteiger partial charge in [0, 0.05) is 24.7 Å². The predicted octanol–water partition coefficient (Wildman–Crippen LogP) is 3.23. The standard InChI is InChI=1S/C15H21F3N2/c1-2-10-4-3-5-20(9-10)15(8-19)11-6-13(17)14(18)7-12(11)16/h6-7,10,15H,2-5,8-9,19H2,1H3. The van der Waals surface area contributed by atoms with Gasteiger partial charge in [0.25, 0.3) is 0 Å². The van der Waals surface area contributed by atoms with Crippen molar-refractivity contribution in [3.8, 4) is 0 Å². The fourth-order valence-corrected chi connectivity index (χ4v) is 2.98. The molecule has 2 nitrogen and oxygen atoms in total. The molecule has 0 aromatic heterocycles. The van der Waals surface area contributed by atoms with Gasteiger partial charge in [-0.15, -0.1) is 0 Å². The molecule has 0 spiro atoms. The van der Waals surface area contributed by atoms with E-state index in [0.717, 1.165) is 38.4 Å². The van der Waals surface area contributed by atoms with Crippen molar-refractivity contribution in [1.82, 2.24) is 4.90 Å². The average molecular weight is 286 g/mol. The Kier molecular flexibility index (Phi) is 5.05. The first kappa shape index (κ1) is 15.3. The topological polar surface area (TPSA) is 29.3 Å². The fourth-order valence-electron chi connectivity index (χ4n) is 2.98. The molecule has 112 valence electrons. The molecule has 0 saturated carbocycles. The summed E-state index contributed by atoms with van der Waals surface area (Å²) in [6, 6.07) is 1.16. The number of hydrogen-bond acceptors (Lipinski definition) is 2. The largest absolute Gasteiger partial charge is 0.329 e. The van der Waals surface area contributed by atoms with Crippen molar-refractivity contribution >= 4 is 0 Å². The highest BCUT2D eigenvalue weighted by Gasteiger charge is 2.28. The van der Waals surface area contributed by atoms with Crippen molar-refractivity contribution < 1.29 is 13.2 Å². The fraction of sp³-hybridized carbons (Fsp3) is 0.600. The van der Waals surface area contributed by atoms with E-state index in [-0.39, 0.29) is 18.2 Å². The van der Waals surface area contributed by atoms with Crippen molar-refractivity contribution in [1.29, 1.82) is 0 Å². The molecule has 5 heteroatoms. The van der Waals surface area contributed by atoms with Gasteiger partial charge in [0.05, 0.1) is 6.04 Å². The van der Waals surface area contributed by atoms with Crippen LogP contribution in [0.15, 0.2) is 12.1 Å². The Balaban J connectivity index is 2.25. The van der Waals surface area contributed by atoms with Gasteiger partial charge in [-0.05, 0) is 31.4 Å². The summed E-state index contributed by atoms with van der Waals surface area (Å²) in [6.07, 6.45) is 3.25. The zero-order valence-corrected chi connectivity index (χ0v) is 11.7. The summed E-state index contributed by atoms with van der Waals surface area (Å²) in [5, 5.41) is 0. The second-order valence-electron chi connectivity index (χ2n) is 5.45. The Bertz CT molecular complexity index is 465. The molecule has 1 heterocycles. The lowest BCUT2D eigenvalue weighted by atomic mass is 9.93. The maximum Gasteiger partial charge on any atom is 0.161 e. The van der Waals surface area contributed by atoms with Gasteiger partial charge in [0.1, 0.15) is 5.82 Å². The third-order valence-electron chi connectivity index (χ3n) is 4.19. The molecule has 1 aromatic carbocycles. The minimum Gasteiger partial charge on any atom is -0.329 e. The van der Waals surface area contributed by atoms with Crippen LogP contribution < -0.4 is 5.73 Å². The Morgan fingerprint density at radius 2 is 1.95 bits per heavy atom. The molecule has 2 atom stereocenters. The van der Waals surface area contributed by atoms with Crippen LogP contribution in [0, 0.1) is 23.4 Å². The van der Waals surface area contributed by atoms with Gasteiger partial charge in [-0.1, -0.05) is 13.3 Å². The van der Waals surface area contributed by atoms with Crippen molar-refractivity contribution in [2.75, 3.05) is 19.6 Å². The lowest BCUT2D eigenvalue weighted by Crippen LogP contribution is -2.41. The molecule has 0 bridgehead atoms. The lowest BCUT2D eigenvalue weighted by molar-refractivity contribution is 0.122. The van der Waals surface area contributed by atoms with E-state index in [4.69, 9.17) is 5.73 Å². The second kappa shape index (κ2) is 6.59. The van der Waals surface area contributed by atoms with Gasteiger partial charge < -0.3 is 5.73 Å². The van der Waals surface area contributed by atoms with Gasteiger partial charge in [0.15, 0.2) is 11.6 Å². The molecule has 2 unspecified atom stereocenters. The molecule has 1 fully saturated rings. The lowest BCUT2D eigenvalue weighted by Gasteiger charge is -2.38. The van der Waals surface area contributed by atoms with Crippen LogP contribution in [0.4, 0.5) is 13.2 Å². The smallest absolute Gasteiger partial charge is 0.161 e. The van der Waals surface area contributed by atoms with Gasteiger partial charge in [0.2, 0.25) is 0 Å². The van der Waals surface area contributed by atoms with E-state index in [2.05, 4.69) is 11.8 Å². The molecular weight excluding hydrogens is 265 g/mol. The van der Waals surface area contributed by atoms with E-state index in [9.17, 15) is 13.2 Å². The Hall–Kier alpha value is -1.07. The molecule has 20 heavy (non-hydrogen) atoms. The van der Waals surface area contributed by atoms with Crippen molar-refractivity contribution in [2.45, 2.75) is 32.2 Å². The first-order valence-electron chi connectivity index (χ1n) is 7.15. The number of nitrogens with zero attached hydrogens (tertiary/aromatic N) is 1. The molecule has 0 amide bonds. The number of likely N-dealkylation sites (tertiary alicyclic amines) is 1. The van der Waals surface area contributed by atoms with Crippen molar-refractivity contribution in [3.05, 3.63) is 35.1 Å². The SMILES string of the molecule is CCC1CCCN(C(CN)c2cc(F)c(F)cc2F)C1. The van der Waals surface area contributed by atoms with Gasteiger partial charge >= 0.3 is 0 Å². The summed E-state index contributed by atoms with van der Waals surface area (Å²) in [5.41, 5.74) is 5.91. The number of hydrogen-bond donors (Lipinski definition) is 1. The molecule has 1 saturated heterocycles. The number of nitrogens with two attached hydrogens (primary N) is 1. The zero-order chi connectivity index (χ0) is 14.7. The molecule has 1 aliphatic heterocycles. The van der Waals surface area contributed by atoms with Crippen LogP contribution in [0.3, 0.4) is 0 Å². The van der Waals surface area contributed by atoms with E-state index < -0.39 is 17.5 Å². The number of rotatable bonds is 4. The minimum atomic E-state index is -1.16. The Morgan fingerprint density at radius 1 is 1.25 bits per heavy atom. The summed E-state index contributed by atoms with van der Waals surface area (Å²) >= 11 is 0. The molecule has 1 aromatic rings. The van der Waals surface area contributed by atoms with Gasteiger partial charge in [-0.2, -0.15) is 0 Å². The summed E-state index contributed by atoms with van der Waals surface area (Å²) in [5.74, 6) is -2.35. The third kappa shape index (κ3) is 3.15. The molecule has 0 radical (unpaired) electrons. The van der Waals surface area contributed by atoms with Crippen LogP contribution >= 0.6 is 0 Å². The molecule has 2 N–H and O–H groups in total. The minimum absolute atomic E-state index is 0.156. The third-order valence-corrected chi connectivity index (χ3v) is 4.19. The van der Waals surface area contributed by atoms with Gasteiger partial charge in [-0.3, -0.25) is 4.90 Å². The number of halogens is 3. The van der Waals surface area contributed by atoms with Crippen LogP contribution in [0.5, 0.6) is 0 Å². The monoisotopic (exact) mass is 286 g/mol. The number of benzene rings is 1. The Labute approximate surface area is 117 Å². The molecule has 2 rings (SSSR count). The number of piperidine rings is 1. The molecule has 1 aliphatic rings. The normalized spacial score (nSPS) is 21.9. The van der Waals surface area contributed by atoms with Crippen LogP contribution in [-0.4, -0.2) is 24.5 Å². The first-order chi connectivity index (χ1) is 9.56. The van der Waals surface area contributed by atoms with E-state index in [0.29, 0.717) is 12.0 Å². The zero-order valence-electron chi connectivity index (χ0n) is 11.7. The van der Waals surface area contributed by atoms with Gasteiger partial charge in [-0.25, -0.2) is 13.2 Å². The summed E-state index contributed by atoms with van der Waals surface area (Å²) in [7, 11) is 0.